The standard InChI is InChI=1S/C16H23NO/c17-15-6-3-12(4-7-15)1-2-13-5-8-16-14(11-13)9-10-18-16/h5,8,11-12,15H,1-4,6-7,9-10,17H2. The largest absolute Gasteiger partial charge is 0.493 e. The van der Waals surface area contributed by atoms with Crippen LogP contribution in [0.2, 0.25) is 0 Å². The van der Waals surface area contributed by atoms with Gasteiger partial charge < -0.3 is 10.5 Å². The minimum absolute atomic E-state index is 0.471. The van der Waals surface area contributed by atoms with Crippen LogP contribution in [0.4, 0.5) is 0 Å². The van der Waals surface area contributed by atoms with Crippen molar-refractivity contribution in [2.24, 2.45) is 11.7 Å². The molecule has 98 valence electrons. The lowest BCUT2D eigenvalue weighted by atomic mass is 9.83. The van der Waals surface area contributed by atoms with Gasteiger partial charge in [0.25, 0.3) is 0 Å². The quantitative estimate of drug-likeness (QED) is 0.888. The molecule has 1 heterocycles. The van der Waals surface area contributed by atoms with E-state index in [1.807, 2.05) is 0 Å². The summed E-state index contributed by atoms with van der Waals surface area (Å²) in [6.45, 7) is 0.860. The van der Waals surface area contributed by atoms with Crippen molar-refractivity contribution < 1.29 is 4.74 Å². The molecule has 2 N–H and O–H groups in total. The number of ether oxygens (including phenoxy) is 1. The summed E-state index contributed by atoms with van der Waals surface area (Å²) in [4.78, 5) is 0. The third-order valence-corrected chi connectivity index (χ3v) is 4.49. The molecule has 1 fully saturated rings. The van der Waals surface area contributed by atoms with Crippen molar-refractivity contribution in [2.45, 2.75) is 51.0 Å². The summed E-state index contributed by atoms with van der Waals surface area (Å²) in [6, 6.07) is 7.20. The van der Waals surface area contributed by atoms with Crippen molar-refractivity contribution in [1.29, 1.82) is 0 Å². The topological polar surface area (TPSA) is 35.2 Å². The molecule has 0 spiro atoms. The van der Waals surface area contributed by atoms with E-state index in [2.05, 4.69) is 18.2 Å². The molecule has 2 nitrogen and oxygen atoms in total. The van der Waals surface area contributed by atoms with Crippen molar-refractivity contribution in [1.82, 2.24) is 0 Å². The minimum Gasteiger partial charge on any atom is -0.493 e. The highest BCUT2D eigenvalue weighted by Crippen LogP contribution is 2.29. The number of fused-ring (bicyclic) bond motifs is 1. The van der Waals surface area contributed by atoms with Gasteiger partial charge in [-0.15, -0.1) is 0 Å². The lowest BCUT2D eigenvalue weighted by Gasteiger charge is -2.26. The Morgan fingerprint density at radius 3 is 2.83 bits per heavy atom. The molecule has 0 atom stereocenters. The minimum atomic E-state index is 0.471. The summed E-state index contributed by atoms with van der Waals surface area (Å²) in [7, 11) is 0. The number of rotatable bonds is 3. The molecule has 0 radical (unpaired) electrons. The number of hydrogen-bond acceptors (Lipinski definition) is 2. The van der Waals surface area contributed by atoms with Gasteiger partial charge in [-0.25, -0.2) is 0 Å². The first-order valence-electron chi connectivity index (χ1n) is 7.31. The summed E-state index contributed by atoms with van der Waals surface area (Å²) in [6.07, 6.45) is 8.73. The number of nitrogens with two attached hydrogens (primary N) is 1. The Kier molecular flexibility index (Phi) is 3.55. The Balaban J connectivity index is 1.54. The lowest BCUT2D eigenvalue weighted by Crippen LogP contribution is -2.26. The van der Waals surface area contributed by atoms with Crippen molar-refractivity contribution in [2.75, 3.05) is 6.61 Å². The summed E-state index contributed by atoms with van der Waals surface area (Å²) < 4.78 is 5.55. The maximum atomic E-state index is 5.95. The van der Waals surface area contributed by atoms with Crippen LogP contribution in [0.15, 0.2) is 18.2 Å². The van der Waals surface area contributed by atoms with Gasteiger partial charge in [0.1, 0.15) is 5.75 Å². The first-order valence-corrected chi connectivity index (χ1v) is 7.31. The van der Waals surface area contributed by atoms with Crippen molar-refractivity contribution in [3.8, 4) is 5.75 Å². The van der Waals surface area contributed by atoms with E-state index < -0.39 is 0 Å². The second kappa shape index (κ2) is 5.31. The zero-order valence-electron chi connectivity index (χ0n) is 11.0. The molecule has 1 aromatic carbocycles. The van der Waals surface area contributed by atoms with Crippen LogP contribution in [0, 0.1) is 5.92 Å². The van der Waals surface area contributed by atoms with Gasteiger partial charge in [0.2, 0.25) is 0 Å². The van der Waals surface area contributed by atoms with Gasteiger partial charge in [0.15, 0.2) is 0 Å². The van der Waals surface area contributed by atoms with E-state index in [1.165, 1.54) is 49.7 Å². The maximum absolute atomic E-state index is 5.95. The van der Waals surface area contributed by atoms with Crippen LogP contribution >= 0.6 is 0 Å². The zero-order chi connectivity index (χ0) is 12.4. The van der Waals surface area contributed by atoms with Crippen LogP contribution in [0.5, 0.6) is 5.75 Å². The predicted octanol–water partition coefficient (Wildman–Crippen LogP) is 3.07. The van der Waals surface area contributed by atoms with Crippen LogP contribution in [-0.2, 0) is 12.8 Å². The molecule has 1 saturated carbocycles. The van der Waals surface area contributed by atoms with Crippen LogP contribution in [-0.4, -0.2) is 12.6 Å². The highest BCUT2D eigenvalue weighted by Gasteiger charge is 2.18. The fourth-order valence-electron chi connectivity index (χ4n) is 3.24. The van der Waals surface area contributed by atoms with Gasteiger partial charge in [-0.2, -0.15) is 0 Å². The number of benzene rings is 1. The Morgan fingerprint density at radius 1 is 1.17 bits per heavy atom. The molecule has 18 heavy (non-hydrogen) atoms. The molecule has 0 saturated heterocycles. The maximum Gasteiger partial charge on any atom is 0.122 e. The molecular formula is C16H23NO. The highest BCUT2D eigenvalue weighted by molar-refractivity contribution is 5.39. The van der Waals surface area contributed by atoms with E-state index in [-0.39, 0.29) is 0 Å². The van der Waals surface area contributed by atoms with Gasteiger partial charge >= 0.3 is 0 Å². The van der Waals surface area contributed by atoms with Crippen molar-refractivity contribution >= 4 is 0 Å². The monoisotopic (exact) mass is 245 g/mol. The molecular weight excluding hydrogens is 222 g/mol. The zero-order valence-corrected chi connectivity index (χ0v) is 11.0. The van der Waals surface area contributed by atoms with Gasteiger partial charge in [0, 0.05) is 12.5 Å². The first-order chi connectivity index (χ1) is 8.81. The smallest absolute Gasteiger partial charge is 0.122 e. The Labute approximate surface area is 110 Å². The number of hydrogen-bond donors (Lipinski definition) is 1. The molecule has 0 bridgehead atoms. The average molecular weight is 245 g/mol. The van der Waals surface area contributed by atoms with Crippen LogP contribution < -0.4 is 10.5 Å². The van der Waals surface area contributed by atoms with Crippen molar-refractivity contribution in [3.05, 3.63) is 29.3 Å². The SMILES string of the molecule is NC1CCC(CCc2ccc3c(c2)CCO3)CC1. The molecule has 1 aromatic rings. The van der Waals surface area contributed by atoms with E-state index in [4.69, 9.17) is 10.5 Å². The van der Waals surface area contributed by atoms with Gasteiger partial charge in [0.05, 0.1) is 6.61 Å². The summed E-state index contributed by atoms with van der Waals surface area (Å²) in [5.74, 6) is 2.00. The fraction of sp³-hybridized carbons (Fsp3) is 0.625. The Morgan fingerprint density at radius 2 is 2.00 bits per heavy atom. The van der Waals surface area contributed by atoms with Crippen molar-refractivity contribution in [3.63, 3.8) is 0 Å². The molecule has 2 heteroatoms. The molecule has 3 rings (SSSR count). The normalized spacial score (nSPS) is 26.7. The van der Waals surface area contributed by atoms with Gasteiger partial charge in [-0.3, -0.25) is 0 Å². The van der Waals surface area contributed by atoms with Crippen LogP contribution in [0.25, 0.3) is 0 Å². The van der Waals surface area contributed by atoms with E-state index in [1.54, 1.807) is 0 Å². The molecule has 0 amide bonds. The summed E-state index contributed by atoms with van der Waals surface area (Å²) in [5, 5.41) is 0. The van der Waals surface area contributed by atoms with E-state index >= 15 is 0 Å². The second-order valence-corrected chi connectivity index (χ2v) is 5.86. The number of aryl methyl sites for hydroxylation is 1. The molecule has 0 unspecified atom stereocenters. The summed E-state index contributed by atoms with van der Waals surface area (Å²) >= 11 is 0. The van der Waals surface area contributed by atoms with Gasteiger partial charge in [-0.1, -0.05) is 12.1 Å². The third kappa shape index (κ3) is 2.69. The Hall–Kier alpha value is -1.02. The average Bonchev–Trinajstić information content (AvgIpc) is 2.85. The fourth-order valence-corrected chi connectivity index (χ4v) is 3.24. The van der Waals surface area contributed by atoms with Crippen LogP contribution in [0.1, 0.15) is 43.2 Å². The molecule has 1 aliphatic carbocycles. The van der Waals surface area contributed by atoms with Crippen LogP contribution in [0.3, 0.4) is 0 Å². The van der Waals surface area contributed by atoms with E-state index in [9.17, 15) is 0 Å². The highest BCUT2D eigenvalue weighted by atomic mass is 16.5. The molecule has 1 aliphatic heterocycles. The molecule has 2 aliphatic rings. The first kappa shape index (κ1) is 12.0. The lowest BCUT2D eigenvalue weighted by molar-refractivity contribution is 0.311. The Bertz CT molecular complexity index is 408. The second-order valence-electron chi connectivity index (χ2n) is 5.86. The molecule has 0 aromatic heterocycles. The predicted molar refractivity (Wildman–Crippen MR) is 73.9 cm³/mol. The third-order valence-electron chi connectivity index (χ3n) is 4.49. The van der Waals surface area contributed by atoms with E-state index in [0.29, 0.717) is 6.04 Å². The van der Waals surface area contributed by atoms with Gasteiger partial charge in [-0.05, 0) is 61.6 Å². The van der Waals surface area contributed by atoms with E-state index in [0.717, 1.165) is 24.7 Å². The summed E-state index contributed by atoms with van der Waals surface area (Å²) in [5.41, 5.74) is 8.83.